The van der Waals surface area contributed by atoms with E-state index in [-0.39, 0.29) is 18.7 Å². The molecule has 1 aromatic carbocycles. The monoisotopic (exact) mass is 244 g/mol. The molecule has 3 nitrogen and oxygen atoms in total. The van der Waals surface area contributed by atoms with E-state index in [1.807, 2.05) is 43.3 Å². The molecule has 2 atom stereocenters. The van der Waals surface area contributed by atoms with Crippen molar-refractivity contribution in [2.75, 3.05) is 6.61 Å². The fraction of sp³-hybridized carbons (Fsp3) is 0.267. The first kappa shape index (κ1) is 12.6. The molecule has 0 aromatic heterocycles. The van der Waals surface area contributed by atoms with Crippen LogP contribution in [-0.4, -0.2) is 24.8 Å². The molecule has 1 aliphatic heterocycles. The quantitative estimate of drug-likeness (QED) is 0.605. The third kappa shape index (κ3) is 2.87. The maximum Gasteiger partial charge on any atom is 0.332 e. The zero-order chi connectivity index (χ0) is 13.0. The summed E-state index contributed by atoms with van der Waals surface area (Å²) in [6, 6.07) is 9.96. The molecule has 0 bridgehead atoms. The van der Waals surface area contributed by atoms with Crippen LogP contribution in [0.2, 0.25) is 0 Å². The molecule has 1 heterocycles. The number of hydrogen-bond donors (Lipinski definition) is 0. The van der Waals surface area contributed by atoms with Crippen LogP contribution < -0.4 is 0 Å². The van der Waals surface area contributed by atoms with Crippen LogP contribution in [0.1, 0.15) is 12.5 Å². The number of ether oxygens (including phenoxy) is 2. The van der Waals surface area contributed by atoms with Crippen LogP contribution in [-0.2, 0) is 14.3 Å². The Kier molecular flexibility index (Phi) is 3.95. The van der Waals surface area contributed by atoms with Gasteiger partial charge < -0.3 is 9.47 Å². The summed E-state index contributed by atoms with van der Waals surface area (Å²) in [6.45, 7) is 5.63. The van der Waals surface area contributed by atoms with Crippen molar-refractivity contribution >= 4 is 12.0 Å². The minimum Gasteiger partial charge on any atom is -0.453 e. The van der Waals surface area contributed by atoms with Crippen LogP contribution in [0.25, 0.3) is 6.08 Å². The normalized spacial score (nSPS) is 24.5. The molecule has 1 aromatic rings. The molecule has 0 radical (unpaired) electrons. The van der Waals surface area contributed by atoms with Gasteiger partial charge in [-0.05, 0) is 24.1 Å². The molecule has 0 unspecified atom stereocenters. The number of hydrogen-bond acceptors (Lipinski definition) is 3. The van der Waals surface area contributed by atoms with E-state index in [0.717, 1.165) is 11.1 Å². The van der Waals surface area contributed by atoms with E-state index >= 15 is 0 Å². The average Bonchev–Trinajstić information content (AvgIpc) is 2.39. The Morgan fingerprint density at radius 2 is 2.11 bits per heavy atom. The van der Waals surface area contributed by atoms with Crippen molar-refractivity contribution in [3.63, 3.8) is 0 Å². The topological polar surface area (TPSA) is 35.5 Å². The summed E-state index contributed by atoms with van der Waals surface area (Å²) in [7, 11) is 0. The second-order valence-corrected chi connectivity index (χ2v) is 4.22. The summed E-state index contributed by atoms with van der Waals surface area (Å²) in [5, 5.41) is 0. The Labute approximate surface area is 107 Å². The Bertz CT molecular complexity index is 462. The van der Waals surface area contributed by atoms with Gasteiger partial charge in [-0.2, -0.15) is 0 Å². The fourth-order valence-corrected chi connectivity index (χ4v) is 1.96. The molecule has 18 heavy (non-hydrogen) atoms. The second kappa shape index (κ2) is 5.65. The maximum atomic E-state index is 11.1. The summed E-state index contributed by atoms with van der Waals surface area (Å²) in [4.78, 5) is 11.1. The highest BCUT2D eigenvalue weighted by Gasteiger charge is 2.30. The molecule has 3 heteroatoms. The van der Waals surface area contributed by atoms with Gasteiger partial charge in [0.2, 0.25) is 0 Å². The smallest absolute Gasteiger partial charge is 0.332 e. The molecule has 1 aliphatic rings. The van der Waals surface area contributed by atoms with Gasteiger partial charge in [-0.3, -0.25) is 0 Å². The van der Waals surface area contributed by atoms with E-state index < -0.39 is 6.10 Å². The van der Waals surface area contributed by atoms with Crippen molar-refractivity contribution in [3.8, 4) is 0 Å². The third-order valence-corrected chi connectivity index (χ3v) is 2.82. The third-order valence-electron chi connectivity index (χ3n) is 2.82. The van der Waals surface area contributed by atoms with Crippen molar-refractivity contribution in [3.05, 3.63) is 54.1 Å². The van der Waals surface area contributed by atoms with Crippen molar-refractivity contribution in [2.24, 2.45) is 0 Å². The molecular formula is C15H16O3. The molecule has 1 fully saturated rings. The van der Waals surface area contributed by atoms with E-state index in [9.17, 15) is 4.79 Å². The summed E-state index contributed by atoms with van der Waals surface area (Å²) < 4.78 is 10.7. The molecule has 0 spiro atoms. The minimum atomic E-state index is -0.411. The van der Waals surface area contributed by atoms with Gasteiger partial charge in [0.1, 0.15) is 18.8 Å². The average molecular weight is 244 g/mol. The Morgan fingerprint density at radius 3 is 2.78 bits per heavy atom. The first-order valence-electron chi connectivity index (χ1n) is 5.87. The van der Waals surface area contributed by atoms with Crippen molar-refractivity contribution < 1.29 is 14.3 Å². The van der Waals surface area contributed by atoms with Gasteiger partial charge in [0.15, 0.2) is 0 Å². The lowest BCUT2D eigenvalue weighted by Crippen LogP contribution is -2.40. The largest absolute Gasteiger partial charge is 0.453 e. The minimum absolute atomic E-state index is 0.00498. The van der Waals surface area contributed by atoms with E-state index in [1.165, 1.54) is 0 Å². The van der Waals surface area contributed by atoms with Gasteiger partial charge in [-0.25, -0.2) is 4.79 Å². The standard InChI is InChI=1S/C15H16O3/c1-3-13-15(17-10-14(16)18-13)11(2)9-12-7-5-4-6-8-12/h3-9,13,15H,1,10H2,2H3/b11-9+/t13-,15-/m1/s1. The zero-order valence-electron chi connectivity index (χ0n) is 10.3. The highest BCUT2D eigenvalue weighted by Crippen LogP contribution is 2.21. The predicted octanol–water partition coefficient (Wildman–Crippen LogP) is 2.59. The summed E-state index contributed by atoms with van der Waals surface area (Å²) in [5.41, 5.74) is 2.11. The predicted molar refractivity (Wildman–Crippen MR) is 69.9 cm³/mol. The van der Waals surface area contributed by atoms with Gasteiger partial charge in [0.25, 0.3) is 0 Å². The lowest BCUT2D eigenvalue weighted by Gasteiger charge is -2.29. The van der Waals surface area contributed by atoms with E-state index in [1.54, 1.807) is 6.08 Å². The van der Waals surface area contributed by atoms with Crippen LogP contribution in [0.5, 0.6) is 0 Å². The number of carbonyl (C=O) groups excluding carboxylic acids is 1. The number of benzene rings is 1. The van der Waals surface area contributed by atoms with Gasteiger partial charge in [-0.1, -0.05) is 43.0 Å². The summed E-state index contributed by atoms with van der Waals surface area (Å²) in [5.74, 6) is -0.344. The van der Waals surface area contributed by atoms with Gasteiger partial charge in [0, 0.05) is 0 Å². The van der Waals surface area contributed by atoms with Crippen molar-refractivity contribution in [1.29, 1.82) is 0 Å². The van der Waals surface area contributed by atoms with E-state index in [2.05, 4.69) is 6.58 Å². The fourth-order valence-electron chi connectivity index (χ4n) is 1.96. The molecule has 0 N–H and O–H groups in total. The lowest BCUT2D eigenvalue weighted by atomic mass is 10.0. The molecule has 0 aliphatic carbocycles. The van der Waals surface area contributed by atoms with Crippen molar-refractivity contribution in [2.45, 2.75) is 19.1 Å². The number of rotatable bonds is 3. The first-order valence-corrected chi connectivity index (χ1v) is 5.87. The Balaban J connectivity index is 2.17. The highest BCUT2D eigenvalue weighted by atomic mass is 16.6. The highest BCUT2D eigenvalue weighted by molar-refractivity contribution is 5.72. The lowest BCUT2D eigenvalue weighted by molar-refractivity contribution is -0.173. The number of esters is 1. The van der Waals surface area contributed by atoms with E-state index in [4.69, 9.17) is 9.47 Å². The molecule has 2 rings (SSSR count). The summed E-state index contributed by atoms with van der Waals surface area (Å²) in [6.07, 6.45) is 2.97. The molecule has 0 amide bonds. The van der Waals surface area contributed by atoms with Crippen LogP contribution in [0.3, 0.4) is 0 Å². The second-order valence-electron chi connectivity index (χ2n) is 4.22. The molecular weight excluding hydrogens is 228 g/mol. The Hall–Kier alpha value is -1.87. The van der Waals surface area contributed by atoms with Crippen LogP contribution >= 0.6 is 0 Å². The van der Waals surface area contributed by atoms with Gasteiger partial charge >= 0.3 is 5.97 Å². The van der Waals surface area contributed by atoms with Crippen LogP contribution in [0.4, 0.5) is 0 Å². The molecule has 1 saturated heterocycles. The zero-order valence-corrected chi connectivity index (χ0v) is 10.3. The number of cyclic esters (lactones) is 1. The Morgan fingerprint density at radius 1 is 1.39 bits per heavy atom. The van der Waals surface area contributed by atoms with Gasteiger partial charge in [-0.15, -0.1) is 0 Å². The van der Waals surface area contributed by atoms with E-state index in [0.29, 0.717) is 0 Å². The SMILES string of the molecule is C=C[C@H]1OC(=O)CO[C@@H]1/C(C)=C/c1ccccc1. The van der Waals surface area contributed by atoms with Crippen LogP contribution in [0.15, 0.2) is 48.6 Å². The maximum absolute atomic E-state index is 11.1. The number of carbonyl (C=O) groups is 1. The summed E-state index contributed by atoms with van der Waals surface area (Å²) >= 11 is 0. The van der Waals surface area contributed by atoms with Crippen LogP contribution in [0, 0.1) is 0 Å². The van der Waals surface area contributed by atoms with Crippen molar-refractivity contribution in [1.82, 2.24) is 0 Å². The first-order chi connectivity index (χ1) is 8.70. The van der Waals surface area contributed by atoms with Gasteiger partial charge in [0.05, 0.1) is 0 Å². The molecule has 0 saturated carbocycles. The molecule has 94 valence electrons.